The van der Waals surface area contributed by atoms with Gasteiger partial charge < -0.3 is 4.74 Å². The number of aryl methyl sites for hydroxylation is 2. The number of carbonyl (C=O) groups excluding carboxylic acids is 2. The van der Waals surface area contributed by atoms with Gasteiger partial charge in [0.1, 0.15) is 12.4 Å². The molecule has 0 saturated carbocycles. The Bertz CT molecular complexity index is 1240. The standard InChI is InChI=1S/C26H22N2O3S2/c1-17-7-11-19(12-8-17)16-31-22-6-4-3-5-21(22)15-23-25(30)28(26(32)33-23)27-24(29)20-13-9-18(2)10-14-20/h3-15H,16H2,1-2H3,(H,27,29)/b23-15+. The molecule has 1 N–H and O–H groups in total. The van der Waals surface area contributed by atoms with Gasteiger partial charge in [-0.2, -0.15) is 5.01 Å². The van der Waals surface area contributed by atoms with Crippen molar-refractivity contribution >= 4 is 46.2 Å². The number of benzene rings is 3. The molecule has 33 heavy (non-hydrogen) atoms. The van der Waals surface area contributed by atoms with Crippen molar-refractivity contribution in [2.75, 3.05) is 0 Å². The number of hydrazine groups is 1. The van der Waals surface area contributed by atoms with E-state index < -0.39 is 5.91 Å². The Hall–Kier alpha value is -3.42. The number of thioether (sulfide) groups is 1. The monoisotopic (exact) mass is 474 g/mol. The van der Waals surface area contributed by atoms with Crippen LogP contribution in [0.2, 0.25) is 0 Å². The highest BCUT2D eigenvalue weighted by molar-refractivity contribution is 8.26. The van der Waals surface area contributed by atoms with Crippen LogP contribution in [-0.2, 0) is 11.4 Å². The predicted molar refractivity (Wildman–Crippen MR) is 136 cm³/mol. The van der Waals surface area contributed by atoms with Gasteiger partial charge in [0.15, 0.2) is 4.32 Å². The summed E-state index contributed by atoms with van der Waals surface area (Å²) in [5, 5.41) is 1.11. The molecule has 0 spiro atoms. The molecular weight excluding hydrogens is 452 g/mol. The molecular formula is C26H22N2O3S2. The summed E-state index contributed by atoms with van der Waals surface area (Å²) in [5.41, 5.74) is 7.11. The van der Waals surface area contributed by atoms with Crippen LogP contribution < -0.4 is 10.2 Å². The highest BCUT2D eigenvalue weighted by Crippen LogP contribution is 2.33. The van der Waals surface area contributed by atoms with Gasteiger partial charge in [0.05, 0.1) is 4.91 Å². The van der Waals surface area contributed by atoms with Crippen LogP contribution >= 0.6 is 24.0 Å². The van der Waals surface area contributed by atoms with Gasteiger partial charge in [-0.15, -0.1) is 0 Å². The van der Waals surface area contributed by atoms with E-state index in [9.17, 15) is 9.59 Å². The Morgan fingerprint density at radius 1 is 1.00 bits per heavy atom. The van der Waals surface area contributed by atoms with Crippen molar-refractivity contribution in [2.45, 2.75) is 20.5 Å². The quantitative estimate of drug-likeness (QED) is 0.381. The van der Waals surface area contributed by atoms with Crippen molar-refractivity contribution in [2.24, 2.45) is 0 Å². The zero-order valence-corrected chi connectivity index (χ0v) is 19.8. The van der Waals surface area contributed by atoms with E-state index in [0.717, 1.165) is 33.5 Å². The summed E-state index contributed by atoms with van der Waals surface area (Å²) in [6, 6.07) is 22.7. The van der Waals surface area contributed by atoms with Crippen molar-refractivity contribution in [3.8, 4) is 5.75 Å². The van der Waals surface area contributed by atoms with Crippen molar-refractivity contribution in [1.82, 2.24) is 10.4 Å². The number of carbonyl (C=O) groups is 2. The topological polar surface area (TPSA) is 58.6 Å². The third kappa shape index (κ3) is 5.50. The van der Waals surface area contributed by atoms with Crippen LogP contribution in [0.1, 0.15) is 32.6 Å². The summed E-state index contributed by atoms with van der Waals surface area (Å²) in [6.07, 6.45) is 1.74. The van der Waals surface area contributed by atoms with Gasteiger partial charge in [0.25, 0.3) is 11.8 Å². The van der Waals surface area contributed by atoms with E-state index in [1.165, 1.54) is 5.56 Å². The predicted octanol–water partition coefficient (Wildman–Crippen LogP) is 5.43. The Kier molecular flexibility index (Phi) is 6.91. The van der Waals surface area contributed by atoms with Crippen LogP contribution in [0.3, 0.4) is 0 Å². The van der Waals surface area contributed by atoms with Gasteiger partial charge in [0.2, 0.25) is 0 Å². The summed E-state index contributed by atoms with van der Waals surface area (Å²) < 4.78 is 6.28. The van der Waals surface area contributed by atoms with Gasteiger partial charge in [-0.05, 0) is 55.9 Å². The first-order valence-electron chi connectivity index (χ1n) is 10.3. The smallest absolute Gasteiger partial charge is 0.285 e. The number of amides is 2. The lowest BCUT2D eigenvalue weighted by Gasteiger charge is -2.15. The maximum absolute atomic E-state index is 13.0. The molecule has 4 rings (SSSR count). The second-order valence-electron chi connectivity index (χ2n) is 7.64. The molecule has 1 aliphatic heterocycles. The second-order valence-corrected chi connectivity index (χ2v) is 9.31. The molecule has 166 valence electrons. The third-order valence-corrected chi connectivity index (χ3v) is 6.34. The average Bonchev–Trinajstić information content (AvgIpc) is 3.07. The molecule has 2 amide bonds. The van der Waals surface area contributed by atoms with Crippen LogP contribution in [-0.4, -0.2) is 21.1 Å². The Morgan fingerprint density at radius 3 is 2.33 bits per heavy atom. The fraction of sp³-hybridized carbons (Fsp3) is 0.115. The van der Waals surface area contributed by atoms with E-state index >= 15 is 0 Å². The first-order chi connectivity index (χ1) is 15.9. The Labute approximate surface area is 202 Å². The number of ether oxygens (including phenoxy) is 1. The first kappa shape index (κ1) is 22.8. The molecule has 0 aromatic heterocycles. The largest absolute Gasteiger partial charge is 0.488 e. The van der Waals surface area contributed by atoms with Crippen molar-refractivity contribution in [3.05, 3.63) is 106 Å². The van der Waals surface area contributed by atoms with Gasteiger partial charge >= 0.3 is 0 Å². The van der Waals surface area contributed by atoms with Gasteiger partial charge in [0, 0.05) is 11.1 Å². The minimum absolute atomic E-state index is 0.268. The molecule has 0 atom stereocenters. The van der Waals surface area contributed by atoms with Crippen LogP contribution in [0.4, 0.5) is 0 Å². The first-order valence-corrected chi connectivity index (χ1v) is 11.6. The highest BCUT2D eigenvalue weighted by atomic mass is 32.2. The summed E-state index contributed by atoms with van der Waals surface area (Å²) >= 11 is 6.48. The number of thiocarbonyl (C=S) groups is 1. The molecule has 0 aliphatic carbocycles. The minimum Gasteiger partial charge on any atom is -0.488 e. The molecule has 3 aromatic rings. The van der Waals surface area contributed by atoms with Crippen LogP contribution in [0.5, 0.6) is 5.75 Å². The summed E-state index contributed by atoms with van der Waals surface area (Å²) in [7, 11) is 0. The zero-order valence-electron chi connectivity index (χ0n) is 18.2. The molecule has 7 heteroatoms. The molecule has 1 saturated heterocycles. The number of nitrogens with zero attached hydrogens (tertiary/aromatic N) is 1. The Balaban J connectivity index is 1.48. The van der Waals surface area contributed by atoms with Crippen molar-refractivity contribution in [1.29, 1.82) is 0 Å². The van der Waals surface area contributed by atoms with E-state index in [1.807, 2.05) is 74.5 Å². The van der Waals surface area contributed by atoms with Crippen LogP contribution in [0, 0.1) is 13.8 Å². The number of rotatable bonds is 6. The molecule has 5 nitrogen and oxygen atoms in total. The summed E-state index contributed by atoms with van der Waals surface area (Å²) in [6.45, 7) is 4.40. The fourth-order valence-electron chi connectivity index (χ4n) is 3.15. The molecule has 1 heterocycles. The summed E-state index contributed by atoms with van der Waals surface area (Å²) in [4.78, 5) is 25.9. The zero-order chi connectivity index (χ0) is 23.4. The third-order valence-electron chi connectivity index (χ3n) is 5.04. The SMILES string of the molecule is Cc1ccc(COc2ccccc2/C=C2/SC(=S)N(NC(=O)c3ccc(C)cc3)C2=O)cc1. The van der Waals surface area contributed by atoms with E-state index in [0.29, 0.717) is 22.8 Å². The summed E-state index contributed by atoms with van der Waals surface area (Å²) in [5.74, 6) is -0.111. The highest BCUT2D eigenvalue weighted by Gasteiger charge is 2.34. The van der Waals surface area contributed by atoms with E-state index in [1.54, 1.807) is 18.2 Å². The molecule has 0 bridgehead atoms. The van der Waals surface area contributed by atoms with Crippen molar-refractivity contribution in [3.63, 3.8) is 0 Å². The number of nitrogens with one attached hydrogen (secondary N) is 1. The molecule has 0 radical (unpaired) electrons. The maximum Gasteiger partial charge on any atom is 0.285 e. The lowest BCUT2D eigenvalue weighted by Crippen LogP contribution is -2.44. The van der Waals surface area contributed by atoms with Crippen LogP contribution in [0.25, 0.3) is 6.08 Å². The molecule has 1 aliphatic rings. The van der Waals surface area contributed by atoms with E-state index in [4.69, 9.17) is 17.0 Å². The average molecular weight is 475 g/mol. The van der Waals surface area contributed by atoms with Gasteiger partial charge in [-0.3, -0.25) is 15.0 Å². The lowest BCUT2D eigenvalue weighted by molar-refractivity contribution is -0.123. The van der Waals surface area contributed by atoms with Gasteiger partial charge in [-0.25, -0.2) is 0 Å². The van der Waals surface area contributed by atoms with Gasteiger partial charge in [-0.1, -0.05) is 77.5 Å². The number of para-hydroxylation sites is 1. The number of hydrogen-bond acceptors (Lipinski definition) is 5. The van der Waals surface area contributed by atoms with Crippen LogP contribution in [0.15, 0.2) is 77.7 Å². The number of hydrogen-bond donors (Lipinski definition) is 1. The normalized spacial score (nSPS) is 14.6. The molecule has 0 unspecified atom stereocenters. The van der Waals surface area contributed by atoms with E-state index in [2.05, 4.69) is 5.43 Å². The molecule has 1 fully saturated rings. The Morgan fingerprint density at radius 2 is 1.64 bits per heavy atom. The fourth-order valence-corrected chi connectivity index (χ4v) is 4.32. The lowest BCUT2D eigenvalue weighted by atomic mass is 10.1. The van der Waals surface area contributed by atoms with E-state index in [-0.39, 0.29) is 10.2 Å². The minimum atomic E-state index is -0.394. The second kappa shape index (κ2) is 10.0. The molecule has 3 aromatic carbocycles. The van der Waals surface area contributed by atoms with Crippen molar-refractivity contribution < 1.29 is 14.3 Å². The maximum atomic E-state index is 13.0.